The summed E-state index contributed by atoms with van der Waals surface area (Å²) in [4.78, 5) is 0. The number of benzene rings is 2. The predicted octanol–water partition coefficient (Wildman–Crippen LogP) is 4.43. The summed E-state index contributed by atoms with van der Waals surface area (Å²) in [6, 6.07) is 8.10. The summed E-state index contributed by atoms with van der Waals surface area (Å²) in [5.41, 5.74) is 6.30. The van der Waals surface area contributed by atoms with E-state index < -0.39 is 24.0 Å². The summed E-state index contributed by atoms with van der Waals surface area (Å²) in [6.45, 7) is 0. The normalized spacial score (nSPS) is 13.0. The zero-order valence-corrected chi connectivity index (χ0v) is 11.3. The molecular weight excluding hydrogens is 310 g/mol. The van der Waals surface area contributed by atoms with Crippen molar-refractivity contribution >= 4 is 11.6 Å². The molecule has 2 nitrogen and oxygen atoms in total. The third-order valence-corrected chi connectivity index (χ3v) is 2.98. The van der Waals surface area contributed by atoms with Crippen LogP contribution in [0.15, 0.2) is 42.5 Å². The Morgan fingerprint density at radius 1 is 1.10 bits per heavy atom. The second kappa shape index (κ2) is 5.91. The molecular formula is C14H10ClF4NO. The Labute approximate surface area is 123 Å². The average molecular weight is 320 g/mol. The Balaban J connectivity index is 2.31. The summed E-state index contributed by atoms with van der Waals surface area (Å²) in [6.07, 6.45) is -4.80. The highest BCUT2D eigenvalue weighted by atomic mass is 35.5. The van der Waals surface area contributed by atoms with Crippen molar-refractivity contribution < 1.29 is 22.3 Å². The zero-order valence-electron chi connectivity index (χ0n) is 10.5. The molecule has 0 saturated carbocycles. The number of halogens is 5. The van der Waals surface area contributed by atoms with Gasteiger partial charge in [-0.25, -0.2) is 4.39 Å². The van der Waals surface area contributed by atoms with Gasteiger partial charge in [0.1, 0.15) is 11.6 Å². The molecule has 0 saturated heterocycles. The van der Waals surface area contributed by atoms with Crippen molar-refractivity contribution in [2.24, 2.45) is 5.73 Å². The van der Waals surface area contributed by atoms with Crippen LogP contribution in [-0.4, -0.2) is 6.36 Å². The van der Waals surface area contributed by atoms with Crippen LogP contribution in [0.3, 0.4) is 0 Å². The molecule has 1 atom stereocenters. The lowest BCUT2D eigenvalue weighted by molar-refractivity contribution is -0.274. The van der Waals surface area contributed by atoms with Gasteiger partial charge in [0.25, 0.3) is 0 Å². The van der Waals surface area contributed by atoms with Crippen LogP contribution in [0.2, 0.25) is 5.02 Å². The first-order valence-corrected chi connectivity index (χ1v) is 6.20. The number of nitrogens with two attached hydrogens (primary N) is 1. The van der Waals surface area contributed by atoms with E-state index in [0.717, 1.165) is 18.2 Å². The minimum absolute atomic E-state index is 0.128. The summed E-state index contributed by atoms with van der Waals surface area (Å²) < 4.78 is 54.1. The molecule has 0 fully saturated rings. The number of ether oxygens (including phenoxy) is 1. The lowest BCUT2D eigenvalue weighted by Crippen LogP contribution is -2.18. The molecule has 0 aromatic heterocycles. The van der Waals surface area contributed by atoms with Gasteiger partial charge in [0.15, 0.2) is 0 Å². The average Bonchev–Trinajstić information content (AvgIpc) is 2.36. The van der Waals surface area contributed by atoms with E-state index in [9.17, 15) is 17.6 Å². The van der Waals surface area contributed by atoms with Crippen LogP contribution < -0.4 is 10.5 Å². The van der Waals surface area contributed by atoms with Crippen LogP contribution in [-0.2, 0) is 0 Å². The van der Waals surface area contributed by atoms with Crippen molar-refractivity contribution in [3.05, 3.63) is 64.4 Å². The van der Waals surface area contributed by atoms with E-state index in [1.807, 2.05) is 0 Å². The second-order valence-corrected chi connectivity index (χ2v) is 4.70. The fraction of sp³-hybridized carbons (Fsp3) is 0.143. The first-order chi connectivity index (χ1) is 9.76. The molecule has 2 N–H and O–H groups in total. The van der Waals surface area contributed by atoms with Crippen LogP contribution in [0.5, 0.6) is 5.75 Å². The van der Waals surface area contributed by atoms with E-state index in [1.165, 1.54) is 24.3 Å². The SMILES string of the molecule is NC(c1cccc(OC(F)(F)F)c1)c1ccc(Cl)cc1F. The third kappa shape index (κ3) is 4.09. The summed E-state index contributed by atoms with van der Waals surface area (Å²) in [7, 11) is 0. The van der Waals surface area contributed by atoms with Crippen molar-refractivity contribution in [2.75, 3.05) is 0 Å². The first kappa shape index (κ1) is 15.6. The molecule has 0 aliphatic rings. The van der Waals surface area contributed by atoms with Crippen molar-refractivity contribution in [2.45, 2.75) is 12.4 Å². The molecule has 2 aromatic rings. The highest BCUT2D eigenvalue weighted by Crippen LogP contribution is 2.29. The Hall–Kier alpha value is -1.79. The Kier molecular flexibility index (Phi) is 4.39. The highest BCUT2D eigenvalue weighted by molar-refractivity contribution is 6.30. The van der Waals surface area contributed by atoms with Crippen LogP contribution in [0.25, 0.3) is 0 Å². The summed E-state index contributed by atoms with van der Waals surface area (Å²) in [5.74, 6) is -1.04. The van der Waals surface area contributed by atoms with Gasteiger partial charge in [-0.05, 0) is 29.8 Å². The maximum Gasteiger partial charge on any atom is 0.573 e. The topological polar surface area (TPSA) is 35.2 Å². The molecule has 2 aromatic carbocycles. The minimum Gasteiger partial charge on any atom is -0.406 e. The first-order valence-electron chi connectivity index (χ1n) is 5.82. The van der Waals surface area contributed by atoms with E-state index >= 15 is 0 Å². The van der Waals surface area contributed by atoms with E-state index in [4.69, 9.17) is 17.3 Å². The molecule has 0 aliphatic carbocycles. The lowest BCUT2D eigenvalue weighted by Gasteiger charge is -2.15. The van der Waals surface area contributed by atoms with Gasteiger partial charge in [-0.3, -0.25) is 0 Å². The largest absolute Gasteiger partial charge is 0.573 e. The number of hydrogen-bond acceptors (Lipinski definition) is 2. The molecule has 0 aliphatic heterocycles. The number of hydrogen-bond donors (Lipinski definition) is 1. The van der Waals surface area contributed by atoms with E-state index in [2.05, 4.69) is 4.74 Å². The Morgan fingerprint density at radius 2 is 1.81 bits per heavy atom. The van der Waals surface area contributed by atoms with Crippen molar-refractivity contribution in [1.82, 2.24) is 0 Å². The fourth-order valence-electron chi connectivity index (χ4n) is 1.84. The monoisotopic (exact) mass is 319 g/mol. The molecule has 0 spiro atoms. The predicted molar refractivity (Wildman–Crippen MR) is 70.6 cm³/mol. The molecule has 21 heavy (non-hydrogen) atoms. The minimum atomic E-state index is -4.80. The smallest absolute Gasteiger partial charge is 0.406 e. The molecule has 2 rings (SSSR count). The lowest BCUT2D eigenvalue weighted by atomic mass is 9.99. The van der Waals surface area contributed by atoms with Crippen LogP contribution in [0, 0.1) is 5.82 Å². The van der Waals surface area contributed by atoms with Crippen LogP contribution in [0.4, 0.5) is 17.6 Å². The quantitative estimate of drug-likeness (QED) is 0.850. The summed E-state index contributed by atoms with van der Waals surface area (Å²) in [5, 5.41) is 0.206. The van der Waals surface area contributed by atoms with Gasteiger partial charge in [0.05, 0.1) is 6.04 Å². The molecule has 112 valence electrons. The molecule has 0 radical (unpaired) electrons. The maximum absolute atomic E-state index is 13.8. The molecule has 0 amide bonds. The van der Waals surface area contributed by atoms with Gasteiger partial charge < -0.3 is 10.5 Å². The Morgan fingerprint density at radius 3 is 2.43 bits per heavy atom. The van der Waals surface area contributed by atoms with Crippen molar-refractivity contribution in [3.8, 4) is 5.75 Å². The summed E-state index contributed by atoms with van der Waals surface area (Å²) >= 11 is 5.64. The van der Waals surface area contributed by atoms with E-state index in [-0.39, 0.29) is 16.1 Å². The molecule has 0 bridgehead atoms. The van der Waals surface area contributed by atoms with Gasteiger partial charge >= 0.3 is 6.36 Å². The van der Waals surface area contributed by atoms with Crippen LogP contribution >= 0.6 is 11.6 Å². The fourth-order valence-corrected chi connectivity index (χ4v) is 2.00. The van der Waals surface area contributed by atoms with Gasteiger partial charge in [-0.15, -0.1) is 13.2 Å². The number of rotatable bonds is 3. The molecule has 0 heterocycles. The third-order valence-electron chi connectivity index (χ3n) is 2.75. The standard InChI is InChI=1S/C14H10ClF4NO/c15-9-4-5-11(12(16)7-9)13(20)8-2-1-3-10(6-8)21-14(17,18)19/h1-7,13H,20H2. The van der Waals surface area contributed by atoms with Gasteiger partial charge in [-0.2, -0.15) is 0 Å². The molecule has 1 unspecified atom stereocenters. The van der Waals surface area contributed by atoms with Gasteiger partial charge in [0.2, 0.25) is 0 Å². The zero-order chi connectivity index (χ0) is 15.6. The molecule has 7 heteroatoms. The van der Waals surface area contributed by atoms with E-state index in [0.29, 0.717) is 0 Å². The maximum atomic E-state index is 13.8. The van der Waals surface area contributed by atoms with Crippen LogP contribution in [0.1, 0.15) is 17.2 Å². The highest BCUT2D eigenvalue weighted by Gasteiger charge is 2.31. The van der Waals surface area contributed by atoms with Gasteiger partial charge in [-0.1, -0.05) is 29.8 Å². The Bertz CT molecular complexity index is 645. The van der Waals surface area contributed by atoms with Crippen molar-refractivity contribution in [1.29, 1.82) is 0 Å². The second-order valence-electron chi connectivity index (χ2n) is 4.26. The number of alkyl halides is 3. The van der Waals surface area contributed by atoms with E-state index in [1.54, 1.807) is 0 Å². The van der Waals surface area contributed by atoms with Gasteiger partial charge in [0, 0.05) is 10.6 Å². The van der Waals surface area contributed by atoms with Crippen molar-refractivity contribution in [3.63, 3.8) is 0 Å².